The first-order chi connectivity index (χ1) is 9.06. The minimum atomic E-state index is -0.801. The molecular formula is C13H24N2O4. The van der Waals surface area contributed by atoms with Crippen LogP contribution in [0.3, 0.4) is 0 Å². The number of rotatable bonds is 8. The van der Waals surface area contributed by atoms with Crippen LogP contribution in [0.15, 0.2) is 0 Å². The molecule has 0 bridgehead atoms. The van der Waals surface area contributed by atoms with Crippen molar-refractivity contribution in [2.45, 2.75) is 44.7 Å². The van der Waals surface area contributed by atoms with E-state index in [2.05, 4.69) is 5.32 Å². The summed E-state index contributed by atoms with van der Waals surface area (Å²) in [6.07, 6.45) is 2.71. The highest BCUT2D eigenvalue weighted by molar-refractivity contribution is 5.81. The third-order valence-corrected chi connectivity index (χ3v) is 3.53. The standard InChI is InChI=1S/C13H24N2O4/c1-10(13(18)14-6-4-8-19-2)15-7-3-5-11(15)9-12(16)17/h10-11H,3-9H2,1-2H3,(H,14,18)(H,16,17). The summed E-state index contributed by atoms with van der Waals surface area (Å²) in [6, 6.07) is -0.286. The van der Waals surface area contributed by atoms with Crippen molar-refractivity contribution in [1.29, 1.82) is 0 Å². The van der Waals surface area contributed by atoms with Crippen molar-refractivity contribution < 1.29 is 19.4 Å². The van der Waals surface area contributed by atoms with E-state index in [9.17, 15) is 9.59 Å². The van der Waals surface area contributed by atoms with Gasteiger partial charge in [0.05, 0.1) is 12.5 Å². The number of aliphatic carboxylic acids is 1. The molecule has 2 N–H and O–H groups in total. The van der Waals surface area contributed by atoms with Gasteiger partial charge < -0.3 is 15.2 Å². The molecule has 1 aliphatic rings. The van der Waals surface area contributed by atoms with E-state index in [1.165, 1.54) is 0 Å². The van der Waals surface area contributed by atoms with Crippen molar-refractivity contribution in [3.8, 4) is 0 Å². The highest BCUT2D eigenvalue weighted by Gasteiger charge is 2.32. The Morgan fingerprint density at radius 2 is 2.26 bits per heavy atom. The van der Waals surface area contributed by atoms with Crippen LogP contribution in [0.4, 0.5) is 0 Å². The SMILES string of the molecule is COCCCNC(=O)C(C)N1CCCC1CC(=O)O. The van der Waals surface area contributed by atoms with Crippen LogP contribution < -0.4 is 5.32 Å². The molecule has 1 heterocycles. The number of ether oxygens (including phenoxy) is 1. The van der Waals surface area contributed by atoms with Gasteiger partial charge in [-0.05, 0) is 32.7 Å². The Bertz CT molecular complexity index is 309. The highest BCUT2D eigenvalue weighted by Crippen LogP contribution is 2.22. The van der Waals surface area contributed by atoms with Gasteiger partial charge in [-0.2, -0.15) is 0 Å². The lowest BCUT2D eigenvalue weighted by molar-refractivity contribution is -0.139. The number of likely N-dealkylation sites (tertiary alicyclic amines) is 1. The van der Waals surface area contributed by atoms with Gasteiger partial charge in [0.1, 0.15) is 0 Å². The van der Waals surface area contributed by atoms with E-state index in [4.69, 9.17) is 9.84 Å². The summed E-state index contributed by atoms with van der Waals surface area (Å²) in [5.74, 6) is -0.835. The second kappa shape index (κ2) is 8.12. The van der Waals surface area contributed by atoms with Crippen molar-refractivity contribution in [2.24, 2.45) is 0 Å². The van der Waals surface area contributed by atoms with E-state index in [1.807, 2.05) is 11.8 Å². The number of methoxy groups -OCH3 is 1. The van der Waals surface area contributed by atoms with Crippen molar-refractivity contribution >= 4 is 11.9 Å². The zero-order valence-electron chi connectivity index (χ0n) is 11.7. The number of nitrogens with one attached hydrogen (secondary N) is 1. The Morgan fingerprint density at radius 1 is 1.53 bits per heavy atom. The fourth-order valence-electron chi connectivity index (χ4n) is 2.52. The van der Waals surface area contributed by atoms with Crippen LogP contribution in [0.1, 0.15) is 32.6 Å². The molecule has 2 unspecified atom stereocenters. The normalized spacial score (nSPS) is 21.3. The van der Waals surface area contributed by atoms with Crippen molar-refractivity contribution in [2.75, 3.05) is 26.8 Å². The fraction of sp³-hybridized carbons (Fsp3) is 0.846. The Kier molecular flexibility index (Phi) is 6.80. The molecule has 2 atom stereocenters. The van der Waals surface area contributed by atoms with Crippen molar-refractivity contribution in [3.05, 3.63) is 0 Å². The van der Waals surface area contributed by atoms with Gasteiger partial charge >= 0.3 is 5.97 Å². The predicted molar refractivity (Wildman–Crippen MR) is 70.9 cm³/mol. The quantitative estimate of drug-likeness (QED) is 0.628. The van der Waals surface area contributed by atoms with E-state index in [0.717, 1.165) is 25.8 Å². The molecule has 110 valence electrons. The lowest BCUT2D eigenvalue weighted by atomic mass is 10.1. The molecule has 19 heavy (non-hydrogen) atoms. The van der Waals surface area contributed by atoms with Gasteiger partial charge in [-0.25, -0.2) is 0 Å². The fourth-order valence-corrected chi connectivity index (χ4v) is 2.52. The molecular weight excluding hydrogens is 248 g/mol. The van der Waals surface area contributed by atoms with Crippen LogP contribution in [-0.2, 0) is 14.3 Å². The molecule has 1 amide bonds. The predicted octanol–water partition coefficient (Wildman–Crippen LogP) is 0.467. The van der Waals surface area contributed by atoms with Gasteiger partial charge in [-0.3, -0.25) is 14.5 Å². The zero-order valence-corrected chi connectivity index (χ0v) is 11.7. The van der Waals surface area contributed by atoms with Crippen molar-refractivity contribution in [3.63, 3.8) is 0 Å². The third-order valence-electron chi connectivity index (χ3n) is 3.53. The first-order valence-corrected chi connectivity index (χ1v) is 6.80. The van der Waals surface area contributed by atoms with Gasteiger partial charge in [0.15, 0.2) is 0 Å². The third kappa shape index (κ3) is 5.16. The summed E-state index contributed by atoms with van der Waals surface area (Å²) in [5.41, 5.74) is 0. The molecule has 6 nitrogen and oxygen atoms in total. The minimum Gasteiger partial charge on any atom is -0.481 e. The van der Waals surface area contributed by atoms with Crippen LogP contribution in [0.5, 0.6) is 0 Å². The smallest absolute Gasteiger partial charge is 0.304 e. The summed E-state index contributed by atoms with van der Waals surface area (Å²) in [5, 5.41) is 11.7. The molecule has 0 saturated carbocycles. The van der Waals surface area contributed by atoms with E-state index in [0.29, 0.717) is 13.2 Å². The second-order valence-corrected chi connectivity index (χ2v) is 4.95. The summed E-state index contributed by atoms with van der Waals surface area (Å²) in [7, 11) is 1.63. The Balaban J connectivity index is 2.39. The van der Waals surface area contributed by atoms with Gasteiger partial charge in [-0.1, -0.05) is 0 Å². The second-order valence-electron chi connectivity index (χ2n) is 4.95. The zero-order chi connectivity index (χ0) is 14.3. The van der Waals surface area contributed by atoms with E-state index < -0.39 is 5.97 Å². The molecule has 1 aliphatic heterocycles. The molecule has 1 rings (SSSR count). The van der Waals surface area contributed by atoms with Gasteiger partial charge in [0, 0.05) is 26.3 Å². The number of hydrogen-bond donors (Lipinski definition) is 2. The molecule has 0 aromatic carbocycles. The largest absolute Gasteiger partial charge is 0.481 e. The maximum Gasteiger partial charge on any atom is 0.304 e. The van der Waals surface area contributed by atoms with Crippen molar-refractivity contribution in [1.82, 2.24) is 10.2 Å². The molecule has 0 aliphatic carbocycles. The van der Waals surface area contributed by atoms with Crippen LogP contribution in [0.25, 0.3) is 0 Å². The van der Waals surface area contributed by atoms with E-state index >= 15 is 0 Å². The molecule has 6 heteroatoms. The Labute approximate surface area is 114 Å². The van der Waals surface area contributed by atoms with E-state index in [-0.39, 0.29) is 24.4 Å². The summed E-state index contributed by atoms with van der Waals surface area (Å²) >= 11 is 0. The van der Waals surface area contributed by atoms with Gasteiger partial charge in [0.2, 0.25) is 5.91 Å². The molecule has 0 aromatic heterocycles. The van der Waals surface area contributed by atoms with Crippen LogP contribution in [0, 0.1) is 0 Å². The van der Waals surface area contributed by atoms with Crippen LogP contribution in [-0.4, -0.2) is 60.8 Å². The number of carboxylic acid groups (broad SMARTS) is 1. The Hall–Kier alpha value is -1.14. The Morgan fingerprint density at radius 3 is 2.89 bits per heavy atom. The van der Waals surface area contributed by atoms with Gasteiger partial charge in [-0.15, -0.1) is 0 Å². The number of amides is 1. The average molecular weight is 272 g/mol. The van der Waals surface area contributed by atoms with Crippen LogP contribution >= 0.6 is 0 Å². The highest BCUT2D eigenvalue weighted by atomic mass is 16.5. The number of carboxylic acids is 1. The summed E-state index contributed by atoms with van der Waals surface area (Å²) in [6.45, 7) is 3.85. The van der Waals surface area contributed by atoms with Crippen LogP contribution in [0.2, 0.25) is 0 Å². The number of carbonyl (C=O) groups is 2. The molecule has 0 spiro atoms. The minimum absolute atomic E-state index is 0.0165. The molecule has 1 fully saturated rings. The average Bonchev–Trinajstić information content (AvgIpc) is 2.80. The topological polar surface area (TPSA) is 78.9 Å². The summed E-state index contributed by atoms with van der Waals surface area (Å²) in [4.78, 5) is 24.8. The summed E-state index contributed by atoms with van der Waals surface area (Å²) < 4.78 is 4.92. The molecule has 0 aromatic rings. The molecule has 1 saturated heterocycles. The maximum absolute atomic E-state index is 12.0. The monoisotopic (exact) mass is 272 g/mol. The van der Waals surface area contributed by atoms with E-state index in [1.54, 1.807) is 7.11 Å². The first-order valence-electron chi connectivity index (χ1n) is 6.80. The number of hydrogen-bond acceptors (Lipinski definition) is 4. The maximum atomic E-state index is 12.0. The van der Waals surface area contributed by atoms with Gasteiger partial charge in [0.25, 0.3) is 0 Å². The lowest BCUT2D eigenvalue weighted by Gasteiger charge is -2.28. The lowest BCUT2D eigenvalue weighted by Crippen LogP contribution is -2.48. The first kappa shape index (κ1) is 15.9. The number of carbonyl (C=O) groups excluding carboxylic acids is 1. The molecule has 0 radical (unpaired) electrons. The number of nitrogens with zero attached hydrogens (tertiary/aromatic N) is 1.